The lowest BCUT2D eigenvalue weighted by Crippen LogP contribution is -2.30. The second kappa shape index (κ2) is 7.99. The summed E-state index contributed by atoms with van der Waals surface area (Å²) in [6.07, 6.45) is -1.32. The Hall–Kier alpha value is -3.55. The van der Waals surface area contributed by atoms with Crippen LogP contribution in [-0.2, 0) is 9.53 Å². The van der Waals surface area contributed by atoms with Gasteiger partial charge in [0.15, 0.2) is 6.10 Å². The van der Waals surface area contributed by atoms with E-state index in [1.807, 2.05) is 0 Å². The molecule has 28 heavy (non-hydrogen) atoms. The van der Waals surface area contributed by atoms with Gasteiger partial charge in [-0.25, -0.2) is 18.0 Å². The number of amides is 1. The molecular formula is C20H14F3NO4. The smallest absolute Gasteiger partial charge is 0.375 e. The van der Waals surface area contributed by atoms with Crippen LogP contribution >= 0.6 is 0 Å². The number of esters is 1. The zero-order valence-electron chi connectivity index (χ0n) is 14.5. The van der Waals surface area contributed by atoms with Gasteiger partial charge in [-0.3, -0.25) is 4.79 Å². The van der Waals surface area contributed by atoms with Crippen LogP contribution in [-0.4, -0.2) is 18.0 Å². The van der Waals surface area contributed by atoms with Crippen molar-refractivity contribution in [3.8, 4) is 11.3 Å². The van der Waals surface area contributed by atoms with Gasteiger partial charge in [-0.05, 0) is 43.3 Å². The molecule has 0 saturated carbocycles. The maximum absolute atomic E-state index is 13.8. The van der Waals surface area contributed by atoms with Crippen LogP contribution in [0.3, 0.4) is 0 Å². The summed E-state index contributed by atoms with van der Waals surface area (Å²) in [6, 6.07) is 11.1. The lowest BCUT2D eigenvalue weighted by Gasteiger charge is -2.13. The number of hydrogen-bond donors (Lipinski definition) is 1. The number of halogens is 3. The minimum absolute atomic E-state index is 0.115. The molecular weight excluding hydrogens is 375 g/mol. The SMILES string of the molecule is C[C@H](OC(=O)c1ccc(-c2ccccc2F)o1)C(=O)Nc1cc(F)ccc1F. The summed E-state index contributed by atoms with van der Waals surface area (Å²) in [5.41, 5.74) is -0.221. The molecule has 0 fully saturated rings. The number of furan rings is 1. The van der Waals surface area contributed by atoms with E-state index in [2.05, 4.69) is 5.32 Å². The first-order valence-corrected chi connectivity index (χ1v) is 8.17. The van der Waals surface area contributed by atoms with Crippen LogP contribution < -0.4 is 5.32 Å². The minimum atomic E-state index is -1.32. The summed E-state index contributed by atoms with van der Waals surface area (Å²) in [4.78, 5) is 24.2. The molecule has 1 heterocycles. The van der Waals surface area contributed by atoms with E-state index in [0.717, 1.165) is 18.2 Å². The molecule has 0 unspecified atom stereocenters. The van der Waals surface area contributed by atoms with Gasteiger partial charge in [0, 0.05) is 6.07 Å². The van der Waals surface area contributed by atoms with Gasteiger partial charge >= 0.3 is 5.97 Å². The Balaban J connectivity index is 1.66. The molecule has 1 atom stereocenters. The second-order valence-corrected chi connectivity index (χ2v) is 5.80. The Morgan fingerprint density at radius 1 is 1.00 bits per heavy atom. The van der Waals surface area contributed by atoms with Gasteiger partial charge in [0.2, 0.25) is 5.76 Å². The summed E-state index contributed by atoms with van der Waals surface area (Å²) in [5.74, 6) is -4.06. The molecule has 0 aliphatic carbocycles. The van der Waals surface area contributed by atoms with E-state index >= 15 is 0 Å². The molecule has 3 aromatic rings. The van der Waals surface area contributed by atoms with E-state index in [0.29, 0.717) is 0 Å². The number of rotatable bonds is 5. The highest BCUT2D eigenvalue weighted by Crippen LogP contribution is 2.25. The fourth-order valence-electron chi connectivity index (χ4n) is 2.35. The van der Waals surface area contributed by atoms with Crippen LogP contribution in [0.4, 0.5) is 18.9 Å². The van der Waals surface area contributed by atoms with Crippen molar-refractivity contribution in [1.82, 2.24) is 0 Å². The topological polar surface area (TPSA) is 68.5 Å². The van der Waals surface area contributed by atoms with E-state index in [1.165, 1.54) is 37.3 Å². The summed E-state index contributed by atoms with van der Waals surface area (Å²) in [5, 5.41) is 2.13. The van der Waals surface area contributed by atoms with Crippen LogP contribution in [0.25, 0.3) is 11.3 Å². The van der Waals surface area contributed by atoms with E-state index in [4.69, 9.17) is 9.15 Å². The normalized spacial score (nSPS) is 11.7. The Morgan fingerprint density at radius 2 is 1.75 bits per heavy atom. The predicted molar refractivity (Wildman–Crippen MR) is 94.0 cm³/mol. The fourth-order valence-corrected chi connectivity index (χ4v) is 2.35. The molecule has 0 radical (unpaired) electrons. The highest BCUT2D eigenvalue weighted by molar-refractivity contribution is 5.96. The number of carbonyl (C=O) groups is 2. The highest BCUT2D eigenvalue weighted by atomic mass is 19.1. The zero-order valence-corrected chi connectivity index (χ0v) is 14.5. The molecule has 0 saturated heterocycles. The van der Waals surface area contributed by atoms with E-state index < -0.39 is 35.4 Å². The predicted octanol–water partition coefficient (Wildman–Crippen LogP) is 4.55. The third kappa shape index (κ3) is 4.22. The lowest BCUT2D eigenvalue weighted by atomic mass is 10.1. The standard InChI is InChI=1S/C20H14F3NO4/c1-11(19(25)24-16-10-12(21)6-7-15(16)23)27-20(26)18-9-8-17(28-18)13-4-2-3-5-14(13)22/h2-11H,1H3,(H,24,25)/t11-/m0/s1. The fraction of sp³-hybridized carbons (Fsp3) is 0.100. The quantitative estimate of drug-likeness (QED) is 0.650. The first-order chi connectivity index (χ1) is 13.3. The van der Waals surface area contributed by atoms with Gasteiger partial charge in [-0.2, -0.15) is 0 Å². The van der Waals surface area contributed by atoms with Gasteiger partial charge < -0.3 is 14.5 Å². The van der Waals surface area contributed by atoms with E-state index in [9.17, 15) is 22.8 Å². The van der Waals surface area contributed by atoms with Crippen molar-refractivity contribution in [3.05, 3.63) is 77.8 Å². The Labute approximate surface area is 157 Å². The first kappa shape index (κ1) is 19.2. The number of benzene rings is 2. The molecule has 1 aromatic heterocycles. The lowest BCUT2D eigenvalue weighted by molar-refractivity contribution is -0.123. The van der Waals surface area contributed by atoms with Crippen LogP contribution in [0.1, 0.15) is 17.5 Å². The molecule has 0 spiro atoms. The van der Waals surface area contributed by atoms with Gasteiger partial charge in [-0.15, -0.1) is 0 Å². The number of anilines is 1. The minimum Gasteiger partial charge on any atom is -0.449 e. The summed E-state index contributed by atoms with van der Waals surface area (Å²) >= 11 is 0. The number of nitrogens with one attached hydrogen (secondary N) is 1. The van der Waals surface area contributed by atoms with Gasteiger partial charge in [-0.1, -0.05) is 12.1 Å². The second-order valence-electron chi connectivity index (χ2n) is 5.80. The van der Waals surface area contributed by atoms with Crippen LogP contribution in [0.2, 0.25) is 0 Å². The molecule has 1 amide bonds. The Morgan fingerprint density at radius 3 is 2.50 bits per heavy atom. The van der Waals surface area contributed by atoms with Crippen molar-refractivity contribution in [3.63, 3.8) is 0 Å². The first-order valence-electron chi connectivity index (χ1n) is 8.17. The van der Waals surface area contributed by atoms with Crippen molar-refractivity contribution in [2.75, 3.05) is 5.32 Å². The average molecular weight is 389 g/mol. The van der Waals surface area contributed by atoms with Crippen LogP contribution in [0.5, 0.6) is 0 Å². The molecule has 144 valence electrons. The molecule has 1 N–H and O–H groups in total. The largest absolute Gasteiger partial charge is 0.449 e. The summed E-state index contributed by atoms with van der Waals surface area (Å²) in [6.45, 7) is 1.26. The number of carbonyl (C=O) groups excluding carboxylic acids is 2. The maximum Gasteiger partial charge on any atom is 0.375 e. The molecule has 0 aliphatic heterocycles. The average Bonchev–Trinajstić information content (AvgIpc) is 3.15. The molecule has 0 aliphatic rings. The molecule has 5 nitrogen and oxygen atoms in total. The van der Waals surface area contributed by atoms with Crippen LogP contribution in [0.15, 0.2) is 59.0 Å². The molecule has 0 bridgehead atoms. The van der Waals surface area contributed by atoms with Gasteiger partial charge in [0.1, 0.15) is 23.2 Å². The maximum atomic E-state index is 13.8. The van der Waals surface area contributed by atoms with Gasteiger partial charge in [0.25, 0.3) is 5.91 Å². The van der Waals surface area contributed by atoms with Crippen molar-refractivity contribution in [2.24, 2.45) is 0 Å². The molecule has 2 aromatic carbocycles. The summed E-state index contributed by atoms with van der Waals surface area (Å²) in [7, 11) is 0. The third-order valence-corrected chi connectivity index (χ3v) is 3.79. The monoisotopic (exact) mass is 389 g/mol. The van der Waals surface area contributed by atoms with Crippen molar-refractivity contribution in [2.45, 2.75) is 13.0 Å². The van der Waals surface area contributed by atoms with E-state index in [-0.39, 0.29) is 22.8 Å². The highest BCUT2D eigenvalue weighted by Gasteiger charge is 2.23. The number of ether oxygens (including phenoxy) is 1. The Kier molecular flexibility index (Phi) is 5.49. The van der Waals surface area contributed by atoms with Crippen LogP contribution in [0, 0.1) is 17.5 Å². The number of hydrogen-bond acceptors (Lipinski definition) is 4. The molecule has 3 rings (SSSR count). The van der Waals surface area contributed by atoms with Crippen molar-refractivity contribution < 1.29 is 31.9 Å². The van der Waals surface area contributed by atoms with Gasteiger partial charge in [0.05, 0.1) is 11.3 Å². The third-order valence-electron chi connectivity index (χ3n) is 3.79. The van der Waals surface area contributed by atoms with Crippen molar-refractivity contribution >= 4 is 17.6 Å². The summed E-state index contributed by atoms with van der Waals surface area (Å²) < 4.78 is 50.8. The Bertz CT molecular complexity index is 1030. The van der Waals surface area contributed by atoms with Crippen molar-refractivity contribution in [1.29, 1.82) is 0 Å². The van der Waals surface area contributed by atoms with E-state index in [1.54, 1.807) is 6.07 Å². The molecule has 8 heteroatoms. The zero-order chi connectivity index (χ0) is 20.3.